The van der Waals surface area contributed by atoms with Gasteiger partial charge in [0.1, 0.15) is 12.2 Å². The van der Waals surface area contributed by atoms with Gasteiger partial charge in [0.2, 0.25) is 0 Å². The summed E-state index contributed by atoms with van der Waals surface area (Å²) < 4.78 is 16.3. The van der Waals surface area contributed by atoms with Crippen LogP contribution in [0.1, 0.15) is 38.4 Å². The molecule has 1 N–H and O–H groups in total. The Bertz CT molecular complexity index is 867. The lowest BCUT2D eigenvalue weighted by molar-refractivity contribution is -0.232. The van der Waals surface area contributed by atoms with E-state index >= 15 is 0 Å². The molecule has 5 aliphatic rings. The first-order chi connectivity index (χ1) is 12.3. The van der Waals surface area contributed by atoms with Gasteiger partial charge in [0.05, 0.1) is 12.5 Å². The summed E-state index contributed by atoms with van der Waals surface area (Å²) in [5.41, 5.74) is -1.59. The second-order valence-electron chi connectivity index (χ2n) is 8.28. The molecule has 2 saturated heterocycles. The largest absolute Gasteiger partial charge is 0.472 e. The molecule has 2 aliphatic carbocycles. The zero-order valence-electron chi connectivity index (χ0n) is 14.6. The molecule has 1 unspecified atom stereocenters. The Balaban J connectivity index is 1.65. The van der Waals surface area contributed by atoms with E-state index < -0.39 is 34.6 Å². The molecule has 0 radical (unpaired) electrons. The van der Waals surface area contributed by atoms with Crippen LogP contribution in [0, 0.1) is 16.7 Å². The van der Waals surface area contributed by atoms with E-state index in [-0.39, 0.29) is 11.9 Å². The SMILES string of the molecule is C[C@@]12C[C@H](c3ccoc3)OC(=O)C1=CC[C@]1(C)C2[C@H]2C=C[C@@]1(O)C(=O)O2. The third-order valence-corrected chi connectivity index (χ3v) is 6.99. The van der Waals surface area contributed by atoms with E-state index in [1.165, 1.54) is 0 Å². The Kier molecular flexibility index (Phi) is 2.86. The number of ether oxygens (including phenoxy) is 2. The number of furan rings is 1. The van der Waals surface area contributed by atoms with Crippen molar-refractivity contribution >= 4 is 11.9 Å². The van der Waals surface area contributed by atoms with Crippen LogP contribution in [0.4, 0.5) is 0 Å². The first-order valence-corrected chi connectivity index (χ1v) is 8.86. The minimum atomic E-state index is -1.68. The van der Waals surface area contributed by atoms with Crippen LogP contribution in [0.25, 0.3) is 0 Å². The van der Waals surface area contributed by atoms with Gasteiger partial charge in [0, 0.05) is 27.9 Å². The predicted molar refractivity (Wildman–Crippen MR) is 88.5 cm³/mol. The summed E-state index contributed by atoms with van der Waals surface area (Å²) in [5, 5.41) is 11.1. The average Bonchev–Trinajstić information content (AvgIpc) is 3.10. The smallest absolute Gasteiger partial charge is 0.343 e. The van der Waals surface area contributed by atoms with Crippen LogP contribution in [0.3, 0.4) is 0 Å². The third-order valence-electron chi connectivity index (χ3n) is 6.99. The molecular weight excluding hydrogens is 336 g/mol. The quantitative estimate of drug-likeness (QED) is 0.614. The van der Waals surface area contributed by atoms with Gasteiger partial charge in [-0.25, -0.2) is 9.59 Å². The number of esters is 2. The Morgan fingerprint density at radius 3 is 2.73 bits per heavy atom. The third kappa shape index (κ3) is 1.66. The number of allylic oxidation sites excluding steroid dienone is 1. The van der Waals surface area contributed by atoms with Crippen molar-refractivity contribution in [1.82, 2.24) is 0 Å². The number of fused-ring (bicyclic) bond motifs is 2. The zero-order valence-corrected chi connectivity index (χ0v) is 14.6. The highest BCUT2D eigenvalue weighted by molar-refractivity contribution is 5.92. The molecule has 6 atom stereocenters. The lowest BCUT2D eigenvalue weighted by atomic mass is 9.45. The number of hydrogen-bond acceptors (Lipinski definition) is 6. The number of hydrogen-bond donors (Lipinski definition) is 1. The van der Waals surface area contributed by atoms with Crippen LogP contribution in [0.15, 0.2) is 46.8 Å². The van der Waals surface area contributed by atoms with Crippen molar-refractivity contribution in [2.75, 3.05) is 0 Å². The second kappa shape index (κ2) is 4.68. The zero-order chi connectivity index (χ0) is 18.3. The molecule has 0 aromatic carbocycles. The molecule has 0 saturated carbocycles. The number of cyclic esters (lactones) is 1. The lowest BCUT2D eigenvalue weighted by Crippen LogP contribution is -2.70. The normalized spacial score (nSPS) is 46.1. The van der Waals surface area contributed by atoms with Gasteiger partial charge in [-0.3, -0.25) is 0 Å². The molecule has 6 heteroatoms. The van der Waals surface area contributed by atoms with Crippen molar-refractivity contribution in [3.05, 3.63) is 48.0 Å². The highest BCUT2D eigenvalue weighted by atomic mass is 16.6. The van der Waals surface area contributed by atoms with Gasteiger partial charge >= 0.3 is 11.9 Å². The van der Waals surface area contributed by atoms with E-state index in [2.05, 4.69) is 0 Å². The van der Waals surface area contributed by atoms with Gasteiger partial charge < -0.3 is 19.0 Å². The van der Waals surface area contributed by atoms with Crippen LogP contribution in [0.5, 0.6) is 0 Å². The predicted octanol–water partition coefficient (Wildman–Crippen LogP) is 2.45. The van der Waals surface area contributed by atoms with Crippen LogP contribution < -0.4 is 0 Å². The molecule has 2 fully saturated rings. The summed E-state index contributed by atoms with van der Waals surface area (Å²) in [5.74, 6) is -1.17. The maximum Gasteiger partial charge on any atom is 0.343 e. The minimum Gasteiger partial charge on any atom is -0.472 e. The number of carbonyl (C=O) groups excluding carboxylic acids is 2. The van der Waals surface area contributed by atoms with Crippen molar-refractivity contribution in [3.8, 4) is 0 Å². The second-order valence-corrected chi connectivity index (χ2v) is 8.28. The Morgan fingerprint density at radius 1 is 1.23 bits per heavy atom. The highest BCUT2D eigenvalue weighted by Crippen LogP contribution is 2.65. The van der Waals surface area contributed by atoms with E-state index in [0.29, 0.717) is 18.4 Å². The first kappa shape index (κ1) is 15.9. The van der Waals surface area contributed by atoms with Gasteiger partial charge in [0.25, 0.3) is 0 Å². The van der Waals surface area contributed by atoms with Gasteiger partial charge in [-0.15, -0.1) is 0 Å². The van der Waals surface area contributed by atoms with Gasteiger partial charge in [0.15, 0.2) is 5.60 Å². The van der Waals surface area contributed by atoms with E-state index in [0.717, 1.165) is 5.56 Å². The van der Waals surface area contributed by atoms with Crippen molar-refractivity contribution in [2.45, 2.75) is 44.5 Å². The fourth-order valence-corrected chi connectivity index (χ4v) is 5.64. The number of aliphatic hydroxyl groups is 1. The molecule has 0 spiro atoms. The van der Waals surface area contributed by atoms with E-state index in [9.17, 15) is 14.7 Å². The number of carbonyl (C=O) groups is 2. The monoisotopic (exact) mass is 356 g/mol. The average molecular weight is 356 g/mol. The molecule has 1 aromatic rings. The lowest BCUT2D eigenvalue weighted by Gasteiger charge is -2.63. The highest BCUT2D eigenvalue weighted by Gasteiger charge is 2.71. The van der Waals surface area contributed by atoms with E-state index in [1.54, 1.807) is 30.7 Å². The minimum absolute atomic E-state index is 0.218. The first-order valence-electron chi connectivity index (χ1n) is 8.86. The molecule has 6 rings (SSSR count). The molecule has 0 amide bonds. The Morgan fingerprint density at radius 2 is 2.04 bits per heavy atom. The summed E-state index contributed by atoms with van der Waals surface area (Å²) in [6.45, 7) is 3.93. The Labute approximate surface area is 150 Å². The van der Waals surface area contributed by atoms with Crippen molar-refractivity contribution < 1.29 is 28.6 Å². The van der Waals surface area contributed by atoms with Crippen LogP contribution in [-0.4, -0.2) is 28.8 Å². The number of rotatable bonds is 1. The summed E-state index contributed by atoms with van der Waals surface area (Å²) in [6.07, 6.45) is 8.36. The molecular formula is C20H20O6. The topological polar surface area (TPSA) is 86.0 Å². The van der Waals surface area contributed by atoms with E-state index in [4.69, 9.17) is 13.9 Å². The van der Waals surface area contributed by atoms with Crippen LogP contribution >= 0.6 is 0 Å². The maximum absolute atomic E-state index is 12.8. The van der Waals surface area contributed by atoms with Gasteiger partial charge in [-0.2, -0.15) is 0 Å². The van der Waals surface area contributed by atoms with Crippen molar-refractivity contribution in [3.63, 3.8) is 0 Å². The fraction of sp³-hybridized carbons (Fsp3) is 0.500. The Hall–Kier alpha value is -2.34. The van der Waals surface area contributed by atoms with Crippen molar-refractivity contribution in [2.24, 2.45) is 16.7 Å². The fourth-order valence-electron chi connectivity index (χ4n) is 5.64. The molecule has 6 nitrogen and oxygen atoms in total. The summed E-state index contributed by atoms with van der Waals surface area (Å²) in [6, 6.07) is 1.79. The van der Waals surface area contributed by atoms with Crippen molar-refractivity contribution in [1.29, 1.82) is 0 Å². The maximum atomic E-state index is 12.8. The van der Waals surface area contributed by atoms with Gasteiger partial charge in [-0.1, -0.05) is 19.9 Å². The molecule has 26 heavy (non-hydrogen) atoms. The molecule has 3 aliphatic heterocycles. The van der Waals surface area contributed by atoms with E-state index in [1.807, 2.05) is 19.9 Å². The molecule has 4 heterocycles. The molecule has 2 bridgehead atoms. The molecule has 136 valence electrons. The standard InChI is InChI=1S/C20H20O6/c1-18-9-14(11-5-8-24-10-11)25-16(21)12(18)3-6-19(2)15(18)13-4-7-20(19,23)17(22)26-13/h3-5,7-8,10,13-15,23H,6,9H2,1-2H3/t13-,14-,15?,18-,19-,20-/m1/s1. The summed E-state index contributed by atoms with van der Waals surface area (Å²) in [7, 11) is 0. The van der Waals surface area contributed by atoms with Gasteiger partial charge in [-0.05, 0) is 31.1 Å². The summed E-state index contributed by atoms with van der Waals surface area (Å²) >= 11 is 0. The van der Waals surface area contributed by atoms with Crippen LogP contribution in [0.2, 0.25) is 0 Å². The molecule has 1 aromatic heterocycles. The summed E-state index contributed by atoms with van der Waals surface area (Å²) in [4.78, 5) is 25.1. The van der Waals surface area contributed by atoms with Crippen LogP contribution in [-0.2, 0) is 19.1 Å².